The molecular formula is C17H24N4O4. The van der Waals surface area contributed by atoms with Crippen molar-refractivity contribution in [3.8, 4) is 5.75 Å². The highest BCUT2D eigenvalue weighted by atomic mass is 16.5. The lowest BCUT2D eigenvalue weighted by Gasteiger charge is -2.15. The van der Waals surface area contributed by atoms with Crippen molar-refractivity contribution < 1.29 is 9.53 Å². The Hall–Kier alpha value is -2.64. The zero-order valence-electron chi connectivity index (χ0n) is 15.1. The summed E-state index contributed by atoms with van der Waals surface area (Å²) in [5.41, 5.74) is -0.104. The van der Waals surface area contributed by atoms with Crippen LogP contribution >= 0.6 is 0 Å². The molecule has 0 aliphatic heterocycles. The summed E-state index contributed by atoms with van der Waals surface area (Å²) < 4.78 is 7.87. The van der Waals surface area contributed by atoms with Crippen LogP contribution in [-0.4, -0.2) is 33.2 Å². The number of aromatic nitrogens is 3. The van der Waals surface area contributed by atoms with E-state index in [1.54, 1.807) is 6.20 Å². The van der Waals surface area contributed by atoms with Gasteiger partial charge in [0, 0.05) is 25.4 Å². The van der Waals surface area contributed by atoms with Gasteiger partial charge in [-0.3, -0.25) is 14.2 Å². The van der Waals surface area contributed by atoms with Gasteiger partial charge in [0.25, 0.3) is 5.56 Å². The van der Waals surface area contributed by atoms with E-state index in [1.165, 1.54) is 11.6 Å². The number of nitrogens with one attached hydrogen (secondary N) is 1. The minimum absolute atomic E-state index is 0.228. The van der Waals surface area contributed by atoms with Gasteiger partial charge in [0.05, 0.1) is 6.61 Å². The van der Waals surface area contributed by atoms with Gasteiger partial charge in [-0.05, 0) is 19.8 Å². The summed E-state index contributed by atoms with van der Waals surface area (Å²) in [6.07, 6.45) is 3.02. The van der Waals surface area contributed by atoms with Crippen LogP contribution in [0.2, 0.25) is 0 Å². The van der Waals surface area contributed by atoms with E-state index < -0.39 is 11.2 Å². The number of hydrogen-bond donors (Lipinski definition) is 1. The van der Waals surface area contributed by atoms with Crippen LogP contribution in [0.3, 0.4) is 0 Å². The second kappa shape index (κ2) is 7.96. The van der Waals surface area contributed by atoms with Gasteiger partial charge in [-0.25, -0.2) is 14.3 Å². The molecule has 136 valence electrons. The summed E-state index contributed by atoms with van der Waals surface area (Å²) in [5.74, 6) is 0.0521. The SMILES string of the molecule is CCCNC(=O)Cn1c(=O)c2c(OCC)c(CC)cnc2n(C)c1=O. The Labute approximate surface area is 145 Å². The summed E-state index contributed by atoms with van der Waals surface area (Å²) >= 11 is 0. The summed E-state index contributed by atoms with van der Waals surface area (Å²) in [4.78, 5) is 41.7. The van der Waals surface area contributed by atoms with Gasteiger partial charge >= 0.3 is 5.69 Å². The monoisotopic (exact) mass is 348 g/mol. The second-order valence-electron chi connectivity index (χ2n) is 5.68. The van der Waals surface area contributed by atoms with Crippen LogP contribution in [0.4, 0.5) is 0 Å². The van der Waals surface area contributed by atoms with Crippen LogP contribution in [-0.2, 0) is 24.8 Å². The lowest BCUT2D eigenvalue weighted by atomic mass is 10.1. The zero-order valence-corrected chi connectivity index (χ0v) is 15.1. The largest absolute Gasteiger partial charge is 0.493 e. The van der Waals surface area contributed by atoms with Crippen molar-refractivity contribution in [3.05, 3.63) is 32.6 Å². The average Bonchev–Trinajstić information content (AvgIpc) is 2.61. The van der Waals surface area contributed by atoms with E-state index in [2.05, 4.69) is 10.3 Å². The fourth-order valence-corrected chi connectivity index (χ4v) is 2.63. The quantitative estimate of drug-likeness (QED) is 0.790. The molecule has 8 nitrogen and oxygen atoms in total. The third-order valence-electron chi connectivity index (χ3n) is 3.92. The first-order valence-electron chi connectivity index (χ1n) is 8.47. The number of ether oxygens (including phenoxy) is 1. The maximum absolute atomic E-state index is 12.9. The van der Waals surface area contributed by atoms with Crippen molar-refractivity contribution in [1.29, 1.82) is 0 Å². The van der Waals surface area contributed by atoms with E-state index >= 15 is 0 Å². The van der Waals surface area contributed by atoms with Crippen LogP contribution in [0, 0.1) is 0 Å². The molecule has 0 spiro atoms. The van der Waals surface area contributed by atoms with Crippen LogP contribution in [0.5, 0.6) is 5.75 Å². The number of aryl methyl sites for hydroxylation is 2. The molecule has 0 fully saturated rings. The zero-order chi connectivity index (χ0) is 18.6. The Balaban J connectivity index is 2.72. The molecule has 0 saturated heterocycles. The predicted molar refractivity (Wildman–Crippen MR) is 95.1 cm³/mol. The first-order valence-corrected chi connectivity index (χ1v) is 8.47. The summed E-state index contributed by atoms with van der Waals surface area (Å²) in [5, 5.41) is 2.90. The Morgan fingerprint density at radius 3 is 2.60 bits per heavy atom. The Morgan fingerprint density at radius 1 is 1.28 bits per heavy atom. The molecule has 0 radical (unpaired) electrons. The number of fused-ring (bicyclic) bond motifs is 1. The molecule has 0 bridgehead atoms. The lowest BCUT2D eigenvalue weighted by Crippen LogP contribution is -2.43. The Kier molecular flexibility index (Phi) is 5.95. The molecular weight excluding hydrogens is 324 g/mol. The molecule has 0 unspecified atom stereocenters. The highest BCUT2D eigenvalue weighted by molar-refractivity contribution is 5.83. The topological polar surface area (TPSA) is 95.2 Å². The van der Waals surface area contributed by atoms with Crippen molar-refractivity contribution in [1.82, 2.24) is 19.4 Å². The van der Waals surface area contributed by atoms with Gasteiger partial charge in [0.1, 0.15) is 17.7 Å². The molecule has 1 amide bonds. The molecule has 2 aromatic heterocycles. The molecule has 0 aliphatic rings. The summed E-state index contributed by atoms with van der Waals surface area (Å²) in [7, 11) is 1.53. The molecule has 0 aromatic carbocycles. The van der Waals surface area contributed by atoms with Crippen molar-refractivity contribution >= 4 is 16.9 Å². The molecule has 1 N–H and O–H groups in total. The number of nitrogens with zero attached hydrogens (tertiary/aromatic N) is 3. The van der Waals surface area contributed by atoms with Crippen LogP contribution in [0.25, 0.3) is 11.0 Å². The second-order valence-corrected chi connectivity index (χ2v) is 5.68. The predicted octanol–water partition coefficient (Wildman–Crippen LogP) is 0.582. The number of amides is 1. The van der Waals surface area contributed by atoms with Crippen LogP contribution in [0.1, 0.15) is 32.8 Å². The molecule has 0 aliphatic carbocycles. The van der Waals surface area contributed by atoms with Gasteiger partial charge in [-0.2, -0.15) is 0 Å². The molecule has 2 heterocycles. The van der Waals surface area contributed by atoms with Crippen molar-refractivity contribution in [2.75, 3.05) is 13.2 Å². The van der Waals surface area contributed by atoms with E-state index in [1.807, 2.05) is 20.8 Å². The number of rotatable bonds is 7. The van der Waals surface area contributed by atoms with E-state index in [-0.39, 0.29) is 23.5 Å². The fourth-order valence-electron chi connectivity index (χ4n) is 2.63. The van der Waals surface area contributed by atoms with Gasteiger partial charge in [0.2, 0.25) is 5.91 Å². The van der Waals surface area contributed by atoms with Crippen LogP contribution < -0.4 is 21.3 Å². The average molecular weight is 348 g/mol. The fraction of sp³-hybridized carbons (Fsp3) is 0.529. The minimum atomic E-state index is -0.580. The number of carbonyl (C=O) groups is 1. The van der Waals surface area contributed by atoms with Crippen molar-refractivity contribution in [2.45, 2.75) is 40.2 Å². The molecule has 25 heavy (non-hydrogen) atoms. The summed E-state index contributed by atoms with van der Waals surface area (Å²) in [6, 6.07) is 0. The minimum Gasteiger partial charge on any atom is -0.493 e. The number of hydrogen-bond acceptors (Lipinski definition) is 5. The van der Waals surface area contributed by atoms with E-state index in [4.69, 9.17) is 4.74 Å². The summed E-state index contributed by atoms with van der Waals surface area (Å²) in [6.45, 7) is 6.23. The third-order valence-corrected chi connectivity index (χ3v) is 3.92. The third kappa shape index (κ3) is 3.57. The highest BCUT2D eigenvalue weighted by Crippen LogP contribution is 2.25. The molecule has 2 aromatic rings. The van der Waals surface area contributed by atoms with Crippen LogP contribution in [0.15, 0.2) is 15.8 Å². The molecule has 2 rings (SSSR count). The highest BCUT2D eigenvalue weighted by Gasteiger charge is 2.20. The van der Waals surface area contributed by atoms with E-state index in [9.17, 15) is 14.4 Å². The Bertz CT molecular complexity index is 898. The smallest absolute Gasteiger partial charge is 0.332 e. The van der Waals surface area contributed by atoms with E-state index in [0.29, 0.717) is 25.3 Å². The van der Waals surface area contributed by atoms with Crippen molar-refractivity contribution in [2.24, 2.45) is 7.05 Å². The first-order chi connectivity index (χ1) is 12.0. The standard InChI is InChI=1S/C17H24N4O4/c1-5-8-18-12(22)10-21-16(23)13-14(25-7-3)11(6-2)9-19-15(13)20(4)17(21)24/h9H,5-8,10H2,1-4H3,(H,18,22). The van der Waals surface area contributed by atoms with Gasteiger partial charge in [-0.1, -0.05) is 13.8 Å². The number of pyridine rings is 1. The maximum Gasteiger partial charge on any atom is 0.332 e. The van der Waals surface area contributed by atoms with Crippen molar-refractivity contribution in [3.63, 3.8) is 0 Å². The normalized spacial score (nSPS) is 10.9. The first kappa shape index (κ1) is 18.7. The lowest BCUT2D eigenvalue weighted by molar-refractivity contribution is -0.121. The molecule has 0 saturated carbocycles. The van der Waals surface area contributed by atoms with Gasteiger partial charge < -0.3 is 10.1 Å². The maximum atomic E-state index is 12.9. The number of carbonyl (C=O) groups excluding carboxylic acids is 1. The molecule has 8 heteroatoms. The Morgan fingerprint density at radius 2 is 2.00 bits per heavy atom. The van der Waals surface area contributed by atoms with E-state index in [0.717, 1.165) is 16.6 Å². The van der Waals surface area contributed by atoms with Gasteiger partial charge in [0.15, 0.2) is 5.65 Å². The van der Waals surface area contributed by atoms with Gasteiger partial charge in [-0.15, -0.1) is 0 Å². The molecule has 0 atom stereocenters.